The topological polar surface area (TPSA) is 37.3 Å². The molecule has 3 rings (SSSR count). The lowest BCUT2D eigenvalue weighted by Crippen LogP contribution is -2.45. The van der Waals surface area contributed by atoms with Crippen LogP contribution in [0.3, 0.4) is 0 Å². The summed E-state index contributed by atoms with van der Waals surface area (Å²) < 4.78 is 0. The smallest absolute Gasteiger partial charge is 0.309 e. The number of carbonyl (C=O) groups is 1. The normalized spacial score (nSPS) is 50.4. The van der Waals surface area contributed by atoms with Gasteiger partial charge in [0.15, 0.2) is 0 Å². The molecule has 2 nitrogen and oxygen atoms in total. The summed E-state index contributed by atoms with van der Waals surface area (Å²) in [6.45, 7) is 0. The average Bonchev–Trinajstić information content (AvgIpc) is 2.62. The first-order chi connectivity index (χ1) is 6.72. The van der Waals surface area contributed by atoms with Gasteiger partial charge in [-0.05, 0) is 49.9 Å². The Morgan fingerprint density at radius 2 is 2.07 bits per heavy atom. The molecule has 4 atom stereocenters. The van der Waals surface area contributed by atoms with Crippen molar-refractivity contribution in [1.29, 1.82) is 0 Å². The third-order valence-corrected chi connectivity index (χ3v) is 5.17. The molecule has 3 aliphatic carbocycles. The van der Waals surface area contributed by atoms with E-state index in [1.54, 1.807) is 0 Å². The van der Waals surface area contributed by atoms with Gasteiger partial charge in [-0.3, -0.25) is 4.79 Å². The fourth-order valence-corrected chi connectivity index (χ4v) is 4.44. The molecule has 0 heterocycles. The summed E-state index contributed by atoms with van der Waals surface area (Å²) in [6.07, 6.45) is 8.12. The maximum atomic E-state index is 11.5. The summed E-state index contributed by atoms with van der Waals surface area (Å²) in [5, 5.41) is 9.46. The van der Waals surface area contributed by atoms with E-state index in [9.17, 15) is 9.90 Å². The molecule has 4 unspecified atom stereocenters. The lowest BCUT2D eigenvalue weighted by Gasteiger charge is -2.46. The Balaban J connectivity index is 1.99. The number of hydrogen-bond donors (Lipinski definition) is 1. The van der Waals surface area contributed by atoms with Gasteiger partial charge < -0.3 is 5.11 Å². The highest BCUT2D eigenvalue weighted by atomic mass is 16.4. The van der Waals surface area contributed by atoms with E-state index < -0.39 is 5.97 Å². The molecule has 3 saturated carbocycles. The van der Waals surface area contributed by atoms with E-state index >= 15 is 0 Å². The van der Waals surface area contributed by atoms with Crippen LogP contribution in [0.15, 0.2) is 0 Å². The molecule has 0 saturated heterocycles. The number of aliphatic carboxylic acids is 1. The van der Waals surface area contributed by atoms with Crippen molar-refractivity contribution in [3.05, 3.63) is 0 Å². The van der Waals surface area contributed by atoms with Crippen LogP contribution in [-0.2, 0) is 4.79 Å². The van der Waals surface area contributed by atoms with E-state index in [2.05, 4.69) is 0 Å². The number of carboxylic acids is 1. The van der Waals surface area contributed by atoms with E-state index in [1.165, 1.54) is 25.7 Å². The fraction of sp³-hybridized carbons (Fsp3) is 0.917. The molecule has 0 aromatic carbocycles. The quantitative estimate of drug-likeness (QED) is 0.696. The minimum atomic E-state index is -0.493. The van der Waals surface area contributed by atoms with Crippen molar-refractivity contribution in [1.82, 2.24) is 0 Å². The monoisotopic (exact) mass is 194 g/mol. The number of hydrogen-bond acceptors (Lipinski definition) is 1. The van der Waals surface area contributed by atoms with Crippen LogP contribution in [0.2, 0.25) is 0 Å². The van der Waals surface area contributed by atoms with Gasteiger partial charge in [-0.25, -0.2) is 0 Å². The van der Waals surface area contributed by atoms with Gasteiger partial charge >= 0.3 is 5.97 Å². The Labute approximate surface area is 84.7 Å². The molecular weight excluding hydrogens is 176 g/mol. The van der Waals surface area contributed by atoms with Gasteiger partial charge in [-0.15, -0.1) is 0 Å². The Kier molecular flexibility index (Phi) is 1.71. The van der Waals surface area contributed by atoms with Gasteiger partial charge in [0.25, 0.3) is 0 Å². The summed E-state index contributed by atoms with van der Waals surface area (Å²) in [5.74, 6) is 1.65. The van der Waals surface area contributed by atoms with Crippen LogP contribution < -0.4 is 0 Å². The number of carboxylic acid groups (broad SMARTS) is 1. The predicted octanol–water partition coefficient (Wildman–Crippen LogP) is 2.68. The van der Waals surface area contributed by atoms with Gasteiger partial charge in [-0.2, -0.15) is 0 Å². The summed E-state index contributed by atoms with van der Waals surface area (Å²) >= 11 is 0. The van der Waals surface area contributed by atoms with E-state index in [0.29, 0.717) is 5.92 Å². The van der Waals surface area contributed by atoms with Gasteiger partial charge in [0.05, 0.1) is 5.41 Å². The highest BCUT2D eigenvalue weighted by molar-refractivity contribution is 5.75. The number of fused-ring (bicyclic) bond motifs is 6. The van der Waals surface area contributed by atoms with Crippen LogP contribution in [0, 0.1) is 23.2 Å². The maximum absolute atomic E-state index is 11.5. The first-order valence-corrected chi connectivity index (χ1v) is 5.96. The van der Waals surface area contributed by atoms with Crippen LogP contribution in [0.5, 0.6) is 0 Å². The molecule has 78 valence electrons. The Bertz CT molecular complexity index is 273. The summed E-state index contributed by atoms with van der Waals surface area (Å²) in [5.41, 5.74) is -0.296. The van der Waals surface area contributed by atoms with Crippen LogP contribution in [0.1, 0.15) is 44.9 Å². The van der Waals surface area contributed by atoms with Crippen molar-refractivity contribution in [2.45, 2.75) is 44.9 Å². The predicted molar refractivity (Wildman–Crippen MR) is 52.9 cm³/mol. The average molecular weight is 194 g/mol. The molecule has 3 aliphatic rings. The van der Waals surface area contributed by atoms with Crippen LogP contribution in [-0.4, -0.2) is 11.1 Å². The fourth-order valence-electron chi connectivity index (χ4n) is 4.44. The minimum absolute atomic E-state index is 0.296. The Morgan fingerprint density at radius 1 is 1.21 bits per heavy atom. The molecule has 0 amide bonds. The SMILES string of the molecule is O=C(O)C12CCCC(C1)C1CCC2C1. The van der Waals surface area contributed by atoms with Crippen molar-refractivity contribution in [3.8, 4) is 0 Å². The zero-order chi connectivity index (χ0) is 9.76. The van der Waals surface area contributed by atoms with E-state index in [0.717, 1.165) is 31.1 Å². The van der Waals surface area contributed by atoms with E-state index in [1.807, 2.05) is 0 Å². The third kappa shape index (κ3) is 0.945. The van der Waals surface area contributed by atoms with Crippen molar-refractivity contribution < 1.29 is 9.90 Å². The molecule has 3 fully saturated rings. The standard InChI is InChI=1S/C12H18O2/c13-11(14)12-5-1-2-9(7-12)8-3-4-10(12)6-8/h8-10H,1-7H2,(H,13,14). The van der Waals surface area contributed by atoms with Gasteiger partial charge in [-0.1, -0.05) is 12.8 Å². The highest BCUT2D eigenvalue weighted by Crippen LogP contribution is 2.60. The van der Waals surface area contributed by atoms with E-state index in [-0.39, 0.29) is 5.41 Å². The van der Waals surface area contributed by atoms with Gasteiger partial charge in [0.2, 0.25) is 0 Å². The Morgan fingerprint density at radius 3 is 2.86 bits per heavy atom. The first kappa shape index (κ1) is 8.75. The van der Waals surface area contributed by atoms with Crippen molar-refractivity contribution in [2.75, 3.05) is 0 Å². The second-order valence-electron chi connectivity index (χ2n) is 5.59. The molecule has 2 heteroatoms. The van der Waals surface area contributed by atoms with Gasteiger partial charge in [0, 0.05) is 0 Å². The summed E-state index contributed by atoms with van der Waals surface area (Å²) in [6, 6.07) is 0. The molecule has 0 radical (unpaired) electrons. The van der Waals surface area contributed by atoms with Crippen LogP contribution in [0.4, 0.5) is 0 Å². The highest BCUT2D eigenvalue weighted by Gasteiger charge is 2.56. The first-order valence-electron chi connectivity index (χ1n) is 5.96. The zero-order valence-corrected chi connectivity index (χ0v) is 8.54. The van der Waals surface area contributed by atoms with Crippen molar-refractivity contribution in [3.63, 3.8) is 0 Å². The molecule has 0 spiro atoms. The minimum Gasteiger partial charge on any atom is -0.481 e. The van der Waals surface area contributed by atoms with Gasteiger partial charge in [0.1, 0.15) is 0 Å². The number of rotatable bonds is 1. The second kappa shape index (κ2) is 2.74. The Hall–Kier alpha value is -0.530. The van der Waals surface area contributed by atoms with Crippen molar-refractivity contribution >= 4 is 5.97 Å². The maximum Gasteiger partial charge on any atom is 0.309 e. The zero-order valence-electron chi connectivity index (χ0n) is 8.54. The molecule has 14 heavy (non-hydrogen) atoms. The molecule has 1 N–H and O–H groups in total. The largest absolute Gasteiger partial charge is 0.481 e. The van der Waals surface area contributed by atoms with Crippen LogP contribution >= 0.6 is 0 Å². The summed E-state index contributed by atoms with van der Waals surface area (Å²) in [4.78, 5) is 11.5. The molecule has 4 bridgehead atoms. The van der Waals surface area contributed by atoms with Crippen molar-refractivity contribution in [2.24, 2.45) is 23.2 Å². The second-order valence-corrected chi connectivity index (χ2v) is 5.59. The molecule has 0 aliphatic heterocycles. The summed E-state index contributed by atoms with van der Waals surface area (Å²) in [7, 11) is 0. The third-order valence-electron chi connectivity index (χ3n) is 5.17. The molecule has 0 aromatic rings. The molecule has 0 aromatic heterocycles. The lowest BCUT2D eigenvalue weighted by atomic mass is 9.57. The lowest BCUT2D eigenvalue weighted by molar-refractivity contribution is -0.159. The molecular formula is C12H18O2. The van der Waals surface area contributed by atoms with E-state index in [4.69, 9.17) is 0 Å². The van der Waals surface area contributed by atoms with Crippen LogP contribution in [0.25, 0.3) is 0 Å².